The van der Waals surface area contributed by atoms with Crippen molar-refractivity contribution in [2.75, 3.05) is 45.9 Å². The molecular formula is C13H25N3O3. The second-order valence-electron chi connectivity index (χ2n) is 4.68. The number of morpholine rings is 1. The first-order valence-electron chi connectivity index (χ1n) is 7.06. The Kier molecular flexibility index (Phi) is 8.16. The Morgan fingerprint density at radius 1 is 1.16 bits per heavy atom. The van der Waals surface area contributed by atoms with E-state index in [9.17, 15) is 9.59 Å². The van der Waals surface area contributed by atoms with Crippen molar-refractivity contribution in [3.63, 3.8) is 0 Å². The summed E-state index contributed by atoms with van der Waals surface area (Å²) >= 11 is 0. The summed E-state index contributed by atoms with van der Waals surface area (Å²) in [7, 11) is 0. The molecule has 0 radical (unpaired) electrons. The Hall–Kier alpha value is -1.14. The quantitative estimate of drug-likeness (QED) is 0.638. The van der Waals surface area contributed by atoms with E-state index in [4.69, 9.17) is 4.74 Å². The van der Waals surface area contributed by atoms with Gasteiger partial charge in [-0.15, -0.1) is 0 Å². The Balaban J connectivity index is 1.99. The van der Waals surface area contributed by atoms with Crippen molar-refractivity contribution in [3.05, 3.63) is 0 Å². The van der Waals surface area contributed by atoms with E-state index < -0.39 is 0 Å². The van der Waals surface area contributed by atoms with Gasteiger partial charge in [0.15, 0.2) is 0 Å². The molecule has 1 fully saturated rings. The van der Waals surface area contributed by atoms with Crippen LogP contribution in [0.2, 0.25) is 0 Å². The summed E-state index contributed by atoms with van der Waals surface area (Å²) < 4.78 is 5.25. The molecule has 2 N–H and O–H groups in total. The topological polar surface area (TPSA) is 70.7 Å². The number of ether oxygens (including phenoxy) is 1. The second kappa shape index (κ2) is 9.75. The van der Waals surface area contributed by atoms with E-state index in [0.717, 1.165) is 45.7 Å². The first-order valence-corrected chi connectivity index (χ1v) is 7.06. The Labute approximate surface area is 114 Å². The average molecular weight is 271 g/mol. The van der Waals surface area contributed by atoms with Crippen molar-refractivity contribution >= 4 is 11.8 Å². The van der Waals surface area contributed by atoms with Gasteiger partial charge in [0.25, 0.3) is 0 Å². The van der Waals surface area contributed by atoms with Crippen LogP contribution >= 0.6 is 0 Å². The maximum absolute atomic E-state index is 11.5. The van der Waals surface area contributed by atoms with Gasteiger partial charge < -0.3 is 15.4 Å². The molecule has 0 aromatic carbocycles. The summed E-state index contributed by atoms with van der Waals surface area (Å²) in [5.74, 6) is -0.178. The molecule has 0 aliphatic carbocycles. The minimum Gasteiger partial charge on any atom is -0.379 e. The van der Waals surface area contributed by atoms with Gasteiger partial charge in [-0.25, -0.2) is 0 Å². The number of hydrogen-bond donors (Lipinski definition) is 2. The maximum Gasteiger partial charge on any atom is 0.239 e. The largest absolute Gasteiger partial charge is 0.379 e. The summed E-state index contributed by atoms with van der Waals surface area (Å²) in [6.45, 7) is 6.93. The molecule has 0 aromatic rings. The first-order chi connectivity index (χ1) is 9.22. The highest BCUT2D eigenvalue weighted by Gasteiger charge is 2.10. The van der Waals surface area contributed by atoms with Crippen LogP contribution in [0.1, 0.15) is 26.2 Å². The van der Waals surface area contributed by atoms with Crippen LogP contribution in [0.25, 0.3) is 0 Å². The lowest BCUT2D eigenvalue weighted by molar-refractivity contribution is -0.126. The van der Waals surface area contributed by atoms with Crippen molar-refractivity contribution < 1.29 is 14.3 Å². The smallest absolute Gasteiger partial charge is 0.239 e. The molecule has 1 rings (SSSR count). The molecule has 1 aliphatic heterocycles. The van der Waals surface area contributed by atoms with E-state index in [0.29, 0.717) is 13.0 Å². The highest BCUT2D eigenvalue weighted by molar-refractivity contribution is 5.84. The molecule has 0 saturated carbocycles. The molecule has 1 saturated heterocycles. The van der Waals surface area contributed by atoms with Gasteiger partial charge in [-0.3, -0.25) is 14.5 Å². The lowest BCUT2D eigenvalue weighted by Gasteiger charge is -2.26. The zero-order valence-corrected chi connectivity index (χ0v) is 11.7. The number of carbonyl (C=O) groups excluding carboxylic acids is 2. The average Bonchev–Trinajstić information content (AvgIpc) is 2.44. The summed E-state index contributed by atoms with van der Waals surface area (Å²) in [6.07, 6.45) is 2.35. The van der Waals surface area contributed by atoms with Crippen molar-refractivity contribution in [2.45, 2.75) is 26.2 Å². The van der Waals surface area contributed by atoms with Crippen LogP contribution in [0.15, 0.2) is 0 Å². The van der Waals surface area contributed by atoms with Crippen LogP contribution in [0.4, 0.5) is 0 Å². The molecule has 1 aliphatic rings. The van der Waals surface area contributed by atoms with Gasteiger partial charge in [0, 0.05) is 32.6 Å². The van der Waals surface area contributed by atoms with Crippen LogP contribution in [0, 0.1) is 0 Å². The second-order valence-corrected chi connectivity index (χ2v) is 4.68. The minimum atomic E-state index is -0.127. The zero-order valence-electron chi connectivity index (χ0n) is 11.7. The minimum absolute atomic E-state index is 0.0508. The third kappa shape index (κ3) is 7.79. The van der Waals surface area contributed by atoms with E-state index in [2.05, 4.69) is 15.5 Å². The predicted octanol–water partition coefficient (Wildman–Crippen LogP) is -0.259. The molecule has 2 amide bonds. The molecule has 110 valence electrons. The number of rotatable bonds is 8. The van der Waals surface area contributed by atoms with Gasteiger partial charge in [0.2, 0.25) is 11.8 Å². The van der Waals surface area contributed by atoms with Gasteiger partial charge >= 0.3 is 0 Å². The number of unbranched alkanes of at least 4 members (excludes halogenated alkanes) is 1. The summed E-state index contributed by atoms with van der Waals surface area (Å²) in [5.41, 5.74) is 0. The monoisotopic (exact) mass is 271 g/mol. The van der Waals surface area contributed by atoms with Crippen molar-refractivity contribution in [3.8, 4) is 0 Å². The fourth-order valence-electron chi connectivity index (χ4n) is 1.85. The van der Waals surface area contributed by atoms with E-state index in [1.807, 2.05) is 6.92 Å². The van der Waals surface area contributed by atoms with Crippen LogP contribution in [0.3, 0.4) is 0 Å². The molecule has 0 atom stereocenters. The number of nitrogens with one attached hydrogen (secondary N) is 2. The van der Waals surface area contributed by atoms with E-state index in [-0.39, 0.29) is 18.4 Å². The molecule has 0 aromatic heterocycles. The van der Waals surface area contributed by atoms with Crippen molar-refractivity contribution in [2.24, 2.45) is 0 Å². The molecule has 19 heavy (non-hydrogen) atoms. The number of hydrogen-bond acceptors (Lipinski definition) is 4. The SMILES string of the molecule is CCCCC(=O)NCC(=O)NCCN1CCOCC1. The Morgan fingerprint density at radius 2 is 1.89 bits per heavy atom. The lowest BCUT2D eigenvalue weighted by Crippen LogP contribution is -2.43. The Bertz CT molecular complexity index is 278. The summed E-state index contributed by atoms with van der Waals surface area (Å²) in [5, 5.41) is 5.43. The van der Waals surface area contributed by atoms with Crippen LogP contribution in [-0.4, -0.2) is 62.7 Å². The highest BCUT2D eigenvalue weighted by atomic mass is 16.5. The fraction of sp³-hybridized carbons (Fsp3) is 0.846. The number of carbonyl (C=O) groups is 2. The molecular weight excluding hydrogens is 246 g/mol. The highest BCUT2D eigenvalue weighted by Crippen LogP contribution is 1.94. The summed E-state index contributed by atoms with van der Waals surface area (Å²) in [4.78, 5) is 25.1. The van der Waals surface area contributed by atoms with Gasteiger partial charge in [-0.1, -0.05) is 13.3 Å². The number of nitrogens with zero attached hydrogens (tertiary/aromatic N) is 1. The molecule has 6 nitrogen and oxygen atoms in total. The first kappa shape index (κ1) is 15.9. The van der Waals surface area contributed by atoms with E-state index in [1.54, 1.807) is 0 Å². The zero-order chi connectivity index (χ0) is 13.9. The lowest BCUT2D eigenvalue weighted by atomic mass is 10.2. The van der Waals surface area contributed by atoms with Crippen LogP contribution in [-0.2, 0) is 14.3 Å². The maximum atomic E-state index is 11.5. The van der Waals surface area contributed by atoms with Gasteiger partial charge in [0.1, 0.15) is 0 Å². The van der Waals surface area contributed by atoms with Crippen LogP contribution < -0.4 is 10.6 Å². The number of amides is 2. The third-order valence-electron chi connectivity index (χ3n) is 3.06. The van der Waals surface area contributed by atoms with Crippen molar-refractivity contribution in [1.82, 2.24) is 15.5 Å². The van der Waals surface area contributed by atoms with Gasteiger partial charge in [-0.2, -0.15) is 0 Å². The van der Waals surface area contributed by atoms with E-state index >= 15 is 0 Å². The molecule has 0 unspecified atom stereocenters. The van der Waals surface area contributed by atoms with Crippen LogP contribution in [0.5, 0.6) is 0 Å². The van der Waals surface area contributed by atoms with Gasteiger partial charge in [0.05, 0.1) is 19.8 Å². The van der Waals surface area contributed by atoms with E-state index in [1.165, 1.54) is 0 Å². The van der Waals surface area contributed by atoms with Crippen molar-refractivity contribution in [1.29, 1.82) is 0 Å². The molecule has 1 heterocycles. The molecule has 0 bridgehead atoms. The standard InChI is InChI=1S/C13H25N3O3/c1-2-3-4-12(17)15-11-13(18)14-5-6-16-7-9-19-10-8-16/h2-11H2,1H3,(H,14,18)(H,15,17). The molecule has 6 heteroatoms. The fourth-order valence-corrected chi connectivity index (χ4v) is 1.85. The van der Waals surface area contributed by atoms with Gasteiger partial charge in [-0.05, 0) is 6.42 Å². The summed E-state index contributed by atoms with van der Waals surface area (Å²) in [6, 6.07) is 0. The predicted molar refractivity (Wildman–Crippen MR) is 72.8 cm³/mol. The third-order valence-corrected chi connectivity index (χ3v) is 3.06. The normalized spacial score (nSPS) is 16.1. The molecule has 0 spiro atoms. The Morgan fingerprint density at radius 3 is 2.58 bits per heavy atom.